The van der Waals surface area contributed by atoms with Crippen LogP contribution in [-0.2, 0) is 14.6 Å². The largest absolute Gasteiger partial charge is 0.411 e. The van der Waals surface area contributed by atoms with Crippen LogP contribution in [0.5, 0.6) is 0 Å². The minimum atomic E-state index is -4.31. The first kappa shape index (κ1) is 22.0. The maximum atomic E-state index is 11.9. The molecule has 6 nitrogen and oxygen atoms in total. The van der Waals surface area contributed by atoms with Gasteiger partial charge in [-0.2, -0.15) is 13.2 Å². The number of hydrogen-bond donors (Lipinski definition) is 2. The molecular formula is C13H26F3N3O3S. The predicted molar refractivity (Wildman–Crippen MR) is 84.4 cm³/mol. The molecule has 0 saturated heterocycles. The molecule has 138 valence electrons. The van der Waals surface area contributed by atoms with E-state index in [1.165, 1.54) is 6.26 Å². The van der Waals surface area contributed by atoms with Gasteiger partial charge >= 0.3 is 6.18 Å². The first-order chi connectivity index (χ1) is 10.5. The van der Waals surface area contributed by atoms with E-state index in [2.05, 4.69) is 20.4 Å². The molecule has 0 saturated carbocycles. The van der Waals surface area contributed by atoms with Crippen molar-refractivity contribution in [2.45, 2.75) is 38.9 Å². The molecule has 0 bridgehead atoms. The number of hydrogen-bond acceptors (Lipinski definition) is 4. The van der Waals surface area contributed by atoms with Crippen LogP contribution in [0, 0.1) is 0 Å². The minimum absolute atomic E-state index is 0.0218. The molecule has 0 aliphatic rings. The van der Waals surface area contributed by atoms with Crippen LogP contribution >= 0.6 is 0 Å². The van der Waals surface area contributed by atoms with Crippen LogP contribution in [0.1, 0.15) is 26.7 Å². The Bertz CT molecular complexity index is 453. The Kier molecular flexibility index (Phi) is 10.2. The lowest BCUT2D eigenvalue weighted by molar-refractivity contribution is -0.173. The third-order valence-electron chi connectivity index (χ3n) is 2.63. The van der Waals surface area contributed by atoms with Gasteiger partial charge in [-0.05, 0) is 26.7 Å². The molecule has 23 heavy (non-hydrogen) atoms. The number of alkyl halides is 3. The number of nitrogens with zero attached hydrogens (tertiary/aromatic N) is 1. The van der Waals surface area contributed by atoms with Gasteiger partial charge in [0, 0.05) is 32.0 Å². The lowest BCUT2D eigenvalue weighted by atomic mass is 10.3. The summed E-state index contributed by atoms with van der Waals surface area (Å²) in [4.78, 5) is 4.22. The second-order valence-electron chi connectivity index (χ2n) is 5.25. The highest BCUT2D eigenvalue weighted by Gasteiger charge is 2.27. The molecule has 1 unspecified atom stereocenters. The maximum absolute atomic E-state index is 11.9. The Balaban J connectivity index is 4.12. The highest BCUT2D eigenvalue weighted by atomic mass is 32.2. The first-order valence-corrected chi connectivity index (χ1v) is 9.46. The number of aliphatic imine (C=N–C) groups is 1. The molecule has 0 amide bonds. The van der Waals surface area contributed by atoms with Gasteiger partial charge in [0.25, 0.3) is 0 Å². The molecule has 2 N–H and O–H groups in total. The highest BCUT2D eigenvalue weighted by molar-refractivity contribution is 7.90. The van der Waals surface area contributed by atoms with Crippen LogP contribution in [0.3, 0.4) is 0 Å². The summed E-state index contributed by atoms with van der Waals surface area (Å²) in [6.07, 6.45) is -2.32. The highest BCUT2D eigenvalue weighted by Crippen LogP contribution is 2.14. The standard InChI is InChI=1S/C13H26F3N3O3S/c1-4-17-12(19-11(2)6-9-23(3,20)21)18-7-5-8-22-10-13(14,15)16/h11H,4-10H2,1-3H3,(H2,17,18,19). The fourth-order valence-corrected chi connectivity index (χ4v) is 2.34. The van der Waals surface area contributed by atoms with Gasteiger partial charge in [-0.1, -0.05) is 0 Å². The van der Waals surface area contributed by atoms with E-state index in [0.29, 0.717) is 31.9 Å². The van der Waals surface area contributed by atoms with Crippen molar-refractivity contribution in [2.24, 2.45) is 4.99 Å². The van der Waals surface area contributed by atoms with Crippen molar-refractivity contribution in [1.29, 1.82) is 0 Å². The molecule has 0 aromatic carbocycles. The predicted octanol–water partition coefficient (Wildman–Crippen LogP) is 1.33. The average Bonchev–Trinajstić information content (AvgIpc) is 2.38. The van der Waals surface area contributed by atoms with Gasteiger partial charge in [-0.25, -0.2) is 8.42 Å². The molecule has 0 fully saturated rings. The average molecular weight is 361 g/mol. The molecule has 1 atom stereocenters. The van der Waals surface area contributed by atoms with Crippen LogP contribution < -0.4 is 10.6 Å². The fourth-order valence-electron chi connectivity index (χ4n) is 1.56. The van der Waals surface area contributed by atoms with Crippen LogP contribution in [-0.4, -0.2) is 64.9 Å². The van der Waals surface area contributed by atoms with Gasteiger partial charge in [0.2, 0.25) is 0 Å². The lowest BCUT2D eigenvalue weighted by Crippen LogP contribution is -2.43. The number of guanidine groups is 1. The SMILES string of the molecule is CCNC(=NCCCOCC(F)(F)F)NC(C)CCS(C)(=O)=O. The molecule has 0 spiro atoms. The van der Waals surface area contributed by atoms with Crippen LogP contribution in [0.15, 0.2) is 4.99 Å². The molecule has 0 aromatic rings. The fraction of sp³-hybridized carbons (Fsp3) is 0.923. The Morgan fingerprint density at radius 2 is 2.00 bits per heavy atom. The Hall–Kier alpha value is -1.03. The van der Waals surface area contributed by atoms with Gasteiger partial charge in [0.1, 0.15) is 16.4 Å². The van der Waals surface area contributed by atoms with E-state index < -0.39 is 22.6 Å². The van der Waals surface area contributed by atoms with Crippen molar-refractivity contribution in [3.63, 3.8) is 0 Å². The van der Waals surface area contributed by atoms with E-state index in [1.54, 1.807) is 0 Å². The Morgan fingerprint density at radius 3 is 2.52 bits per heavy atom. The molecule has 0 aliphatic heterocycles. The van der Waals surface area contributed by atoms with Crippen molar-refractivity contribution in [2.75, 3.05) is 38.3 Å². The Labute approximate surface area is 135 Å². The van der Waals surface area contributed by atoms with Crippen molar-refractivity contribution >= 4 is 15.8 Å². The van der Waals surface area contributed by atoms with E-state index in [1.807, 2.05) is 13.8 Å². The van der Waals surface area contributed by atoms with Gasteiger partial charge in [0.05, 0.1) is 5.75 Å². The summed E-state index contributed by atoms with van der Waals surface area (Å²) in [5, 5.41) is 6.05. The van der Waals surface area contributed by atoms with Gasteiger partial charge in [0.15, 0.2) is 5.96 Å². The second kappa shape index (κ2) is 10.7. The molecule has 0 aliphatic carbocycles. The van der Waals surface area contributed by atoms with E-state index in [-0.39, 0.29) is 18.4 Å². The van der Waals surface area contributed by atoms with E-state index in [4.69, 9.17) is 0 Å². The summed E-state index contributed by atoms with van der Waals surface area (Å²) in [6, 6.07) is -0.0935. The molecule has 0 aromatic heterocycles. The third kappa shape index (κ3) is 15.6. The van der Waals surface area contributed by atoms with E-state index >= 15 is 0 Å². The third-order valence-corrected chi connectivity index (χ3v) is 3.61. The summed E-state index contributed by atoms with van der Waals surface area (Å²) in [7, 11) is -3.02. The molecule has 0 radical (unpaired) electrons. The first-order valence-electron chi connectivity index (χ1n) is 7.40. The zero-order valence-electron chi connectivity index (χ0n) is 13.7. The lowest BCUT2D eigenvalue weighted by Gasteiger charge is -2.17. The summed E-state index contributed by atoms with van der Waals surface area (Å²) in [6.45, 7) is 3.38. The quantitative estimate of drug-likeness (QED) is 0.349. The Morgan fingerprint density at radius 1 is 1.35 bits per heavy atom. The summed E-state index contributed by atoms with van der Waals surface area (Å²) >= 11 is 0. The normalized spacial score (nSPS) is 14.6. The number of sulfone groups is 1. The molecular weight excluding hydrogens is 335 g/mol. The van der Waals surface area contributed by atoms with Gasteiger partial charge in [-0.3, -0.25) is 4.99 Å². The van der Waals surface area contributed by atoms with Crippen molar-refractivity contribution in [1.82, 2.24) is 10.6 Å². The zero-order valence-corrected chi connectivity index (χ0v) is 14.6. The molecule has 10 heteroatoms. The second-order valence-corrected chi connectivity index (χ2v) is 7.51. The zero-order chi connectivity index (χ0) is 17.9. The van der Waals surface area contributed by atoms with Crippen molar-refractivity contribution < 1.29 is 26.3 Å². The summed E-state index contributed by atoms with van der Waals surface area (Å²) in [5.41, 5.74) is 0. The molecule has 0 rings (SSSR count). The number of ether oxygens (including phenoxy) is 1. The summed E-state index contributed by atoms with van der Waals surface area (Å²) in [5.74, 6) is 0.579. The van der Waals surface area contributed by atoms with Gasteiger partial charge < -0.3 is 15.4 Å². The number of rotatable bonds is 10. The van der Waals surface area contributed by atoms with Gasteiger partial charge in [-0.15, -0.1) is 0 Å². The minimum Gasteiger partial charge on any atom is -0.372 e. The molecule has 0 heterocycles. The smallest absolute Gasteiger partial charge is 0.372 e. The van der Waals surface area contributed by atoms with Crippen molar-refractivity contribution in [3.05, 3.63) is 0 Å². The number of nitrogens with one attached hydrogen (secondary N) is 2. The summed E-state index contributed by atoms with van der Waals surface area (Å²) < 4.78 is 62.4. The van der Waals surface area contributed by atoms with Crippen LogP contribution in [0.25, 0.3) is 0 Å². The van der Waals surface area contributed by atoms with Crippen LogP contribution in [0.4, 0.5) is 13.2 Å². The number of halogens is 3. The maximum Gasteiger partial charge on any atom is 0.411 e. The monoisotopic (exact) mass is 361 g/mol. The van der Waals surface area contributed by atoms with E-state index in [0.717, 1.165) is 0 Å². The van der Waals surface area contributed by atoms with E-state index in [9.17, 15) is 21.6 Å². The van der Waals surface area contributed by atoms with Crippen molar-refractivity contribution in [3.8, 4) is 0 Å². The topological polar surface area (TPSA) is 79.8 Å². The van der Waals surface area contributed by atoms with Crippen LogP contribution in [0.2, 0.25) is 0 Å².